The Morgan fingerprint density at radius 3 is 2.46 bits per heavy atom. The van der Waals surface area contributed by atoms with Gasteiger partial charge in [0.15, 0.2) is 0 Å². The van der Waals surface area contributed by atoms with Gasteiger partial charge in [0, 0.05) is 68.8 Å². The molecule has 2 aromatic heterocycles. The number of benzene rings is 1. The van der Waals surface area contributed by atoms with Gasteiger partial charge in [-0.1, -0.05) is 6.92 Å². The zero-order valence-corrected chi connectivity index (χ0v) is 23.0. The zero-order valence-electron chi connectivity index (χ0n) is 23.0. The van der Waals surface area contributed by atoms with Crippen molar-refractivity contribution in [1.29, 1.82) is 0 Å². The van der Waals surface area contributed by atoms with E-state index in [0.29, 0.717) is 60.0 Å². The summed E-state index contributed by atoms with van der Waals surface area (Å²) in [5.41, 5.74) is 1.58. The average Bonchev–Trinajstić information content (AvgIpc) is 3.61. The van der Waals surface area contributed by atoms with Crippen molar-refractivity contribution in [2.75, 3.05) is 25.0 Å². The van der Waals surface area contributed by atoms with Crippen LogP contribution in [-0.4, -0.2) is 56.7 Å². The molecule has 1 atom stereocenters. The molecule has 1 saturated carbocycles. The van der Waals surface area contributed by atoms with Gasteiger partial charge in [0.25, 0.3) is 11.5 Å². The van der Waals surface area contributed by atoms with Crippen molar-refractivity contribution in [3.63, 3.8) is 0 Å². The molecule has 0 bridgehead atoms. The van der Waals surface area contributed by atoms with Crippen molar-refractivity contribution in [2.45, 2.75) is 51.6 Å². The predicted molar refractivity (Wildman–Crippen MR) is 151 cm³/mol. The number of likely N-dealkylation sites (tertiary alicyclic amines) is 1. The highest BCUT2D eigenvalue weighted by Gasteiger charge is 2.34. The third-order valence-corrected chi connectivity index (χ3v) is 7.94. The maximum absolute atomic E-state index is 13.5. The SMILES string of the molecule is CCCn1c2c(c(=O)n(C3CC3)c1=O)CC(c1ccc(N(CC3CC(=O)N(C)C3)C(=O)c3ccc(F)cc3)nc1)=N2. The van der Waals surface area contributed by atoms with Crippen LogP contribution in [-0.2, 0) is 17.8 Å². The van der Waals surface area contributed by atoms with Gasteiger partial charge >= 0.3 is 5.69 Å². The van der Waals surface area contributed by atoms with E-state index in [-0.39, 0.29) is 41.6 Å². The van der Waals surface area contributed by atoms with E-state index in [1.54, 1.807) is 34.8 Å². The smallest absolute Gasteiger partial charge is 0.332 e. The number of carbonyl (C=O) groups is 2. The molecule has 4 heterocycles. The minimum absolute atomic E-state index is 0.0218. The maximum atomic E-state index is 13.5. The highest BCUT2D eigenvalue weighted by molar-refractivity contribution is 6.07. The van der Waals surface area contributed by atoms with Crippen LogP contribution in [0.4, 0.5) is 16.0 Å². The van der Waals surface area contributed by atoms with Crippen molar-refractivity contribution in [1.82, 2.24) is 19.0 Å². The van der Waals surface area contributed by atoms with Gasteiger partial charge in [-0.2, -0.15) is 0 Å². The van der Waals surface area contributed by atoms with Gasteiger partial charge in [0.1, 0.15) is 17.5 Å². The Kier molecular flexibility index (Phi) is 6.88. The number of hydrogen-bond donors (Lipinski definition) is 0. The number of rotatable bonds is 8. The van der Waals surface area contributed by atoms with E-state index < -0.39 is 5.82 Å². The van der Waals surface area contributed by atoms with Gasteiger partial charge in [0.05, 0.1) is 11.3 Å². The second kappa shape index (κ2) is 10.5. The number of fused-ring (bicyclic) bond motifs is 1. The first-order chi connectivity index (χ1) is 19.7. The van der Waals surface area contributed by atoms with Gasteiger partial charge < -0.3 is 4.90 Å². The maximum Gasteiger partial charge on any atom is 0.332 e. The van der Waals surface area contributed by atoms with Crippen LogP contribution in [0.1, 0.15) is 60.1 Å². The van der Waals surface area contributed by atoms with Crippen molar-refractivity contribution in [3.05, 3.63) is 85.9 Å². The summed E-state index contributed by atoms with van der Waals surface area (Å²) < 4.78 is 16.5. The first kappa shape index (κ1) is 26.8. The number of amides is 2. The molecule has 2 amide bonds. The van der Waals surface area contributed by atoms with Crippen LogP contribution in [0.2, 0.25) is 0 Å². The molecule has 1 unspecified atom stereocenters. The Hall–Kier alpha value is -4.41. The highest BCUT2D eigenvalue weighted by Crippen LogP contribution is 2.34. The van der Waals surface area contributed by atoms with Crippen LogP contribution < -0.4 is 16.1 Å². The summed E-state index contributed by atoms with van der Waals surface area (Å²) >= 11 is 0. The van der Waals surface area contributed by atoms with Gasteiger partial charge in [-0.15, -0.1) is 0 Å². The van der Waals surface area contributed by atoms with Crippen LogP contribution in [0.15, 0.2) is 57.2 Å². The molecule has 11 heteroatoms. The number of anilines is 1. The Morgan fingerprint density at radius 1 is 1.10 bits per heavy atom. The molecular weight excluding hydrogens is 527 g/mol. The molecule has 212 valence electrons. The summed E-state index contributed by atoms with van der Waals surface area (Å²) in [5.74, 6) is -0.0296. The predicted octanol–water partition coefficient (Wildman–Crippen LogP) is 3.09. The van der Waals surface area contributed by atoms with Crippen molar-refractivity contribution in [2.24, 2.45) is 10.9 Å². The number of halogens is 1. The average molecular weight is 559 g/mol. The summed E-state index contributed by atoms with van der Waals surface area (Å²) in [6, 6.07) is 8.81. The Morgan fingerprint density at radius 2 is 1.85 bits per heavy atom. The fraction of sp³-hybridized carbons (Fsp3) is 0.400. The summed E-state index contributed by atoms with van der Waals surface area (Å²) in [6.45, 7) is 3.25. The third kappa shape index (κ3) is 5.00. The second-order valence-corrected chi connectivity index (χ2v) is 11.1. The van der Waals surface area contributed by atoms with E-state index >= 15 is 0 Å². The van der Waals surface area contributed by atoms with Crippen molar-refractivity contribution < 1.29 is 14.0 Å². The van der Waals surface area contributed by atoms with Crippen LogP contribution in [0.25, 0.3) is 0 Å². The second-order valence-electron chi connectivity index (χ2n) is 11.1. The quantitative estimate of drug-likeness (QED) is 0.422. The van der Waals surface area contributed by atoms with E-state index in [4.69, 9.17) is 4.99 Å². The molecule has 3 aliphatic rings. The third-order valence-electron chi connectivity index (χ3n) is 7.94. The molecular formula is C30H31FN6O4. The van der Waals surface area contributed by atoms with E-state index in [0.717, 1.165) is 19.3 Å². The molecule has 0 spiro atoms. The lowest BCUT2D eigenvalue weighted by atomic mass is 10.1. The first-order valence-corrected chi connectivity index (χ1v) is 14.0. The molecule has 41 heavy (non-hydrogen) atoms. The summed E-state index contributed by atoms with van der Waals surface area (Å²) in [4.78, 5) is 64.5. The largest absolute Gasteiger partial charge is 0.345 e. The van der Waals surface area contributed by atoms with E-state index in [2.05, 4.69) is 4.98 Å². The van der Waals surface area contributed by atoms with E-state index in [1.165, 1.54) is 33.7 Å². The number of nitrogens with zero attached hydrogens (tertiary/aromatic N) is 6. The van der Waals surface area contributed by atoms with Crippen molar-refractivity contribution in [3.8, 4) is 0 Å². The first-order valence-electron chi connectivity index (χ1n) is 14.0. The van der Waals surface area contributed by atoms with Gasteiger partial charge in [-0.25, -0.2) is 19.2 Å². The molecule has 0 N–H and O–H groups in total. The van der Waals surface area contributed by atoms with E-state index in [1.807, 2.05) is 6.92 Å². The lowest BCUT2D eigenvalue weighted by Gasteiger charge is -2.25. The fourth-order valence-corrected chi connectivity index (χ4v) is 5.66. The Bertz CT molecular complexity index is 1670. The molecule has 2 aliphatic heterocycles. The Balaban J connectivity index is 1.31. The number of carbonyl (C=O) groups excluding carboxylic acids is 2. The molecule has 10 nitrogen and oxygen atoms in total. The van der Waals surface area contributed by atoms with Gasteiger partial charge in [-0.05, 0) is 55.7 Å². The van der Waals surface area contributed by atoms with Gasteiger partial charge in [-0.3, -0.25) is 28.4 Å². The summed E-state index contributed by atoms with van der Waals surface area (Å²) in [7, 11) is 1.74. The van der Waals surface area contributed by atoms with E-state index in [9.17, 15) is 23.6 Å². The number of hydrogen-bond acceptors (Lipinski definition) is 6. The summed E-state index contributed by atoms with van der Waals surface area (Å²) in [5, 5.41) is 0. The van der Waals surface area contributed by atoms with Gasteiger partial charge in [0.2, 0.25) is 5.91 Å². The number of pyridine rings is 1. The monoisotopic (exact) mass is 558 g/mol. The highest BCUT2D eigenvalue weighted by atomic mass is 19.1. The number of aliphatic imine (C=N–C) groups is 1. The van der Waals surface area contributed by atoms with Crippen LogP contribution >= 0.6 is 0 Å². The molecule has 3 aromatic rings. The van der Waals surface area contributed by atoms with Crippen LogP contribution in [0.3, 0.4) is 0 Å². The molecule has 1 aromatic carbocycles. The van der Waals surface area contributed by atoms with Crippen LogP contribution in [0, 0.1) is 11.7 Å². The molecule has 2 fully saturated rings. The minimum atomic E-state index is -0.440. The van der Waals surface area contributed by atoms with Crippen molar-refractivity contribution >= 4 is 29.2 Å². The topological polar surface area (TPSA) is 110 Å². The molecule has 1 aliphatic carbocycles. The molecule has 1 saturated heterocycles. The zero-order chi connectivity index (χ0) is 28.8. The normalized spacial score (nSPS) is 18.0. The lowest BCUT2D eigenvalue weighted by molar-refractivity contribution is -0.126. The number of aromatic nitrogens is 3. The van der Waals surface area contributed by atoms with Crippen LogP contribution in [0.5, 0.6) is 0 Å². The fourth-order valence-electron chi connectivity index (χ4n) is 5.66. The Labute approximate surface area is 235 Å². The minimum Gasteiger partial charge on any atom is -0.345 e. The lowest BCUT2D eigenvalue weighted by Crippen LogP contribution is -2.40. The standard InChI is InChI=1S/C30H31FN6O4/c1-3-12-35-27-23(29(40)37(30(35)41)22-9-10-22)14-24(33-27)20-6-11-25(32-15-20)36(17-18-13-26(38)34(2)16-18)28(39)19-4-7-21(31)8-5-19/h4-8,11,15,18,22H,3,9-10,12-14,16-17H2,1-2H3. The molecule has 0 radical (unpaired) electrons. The summed E-state index contributed by atoms with van der Waals surface area (Å²) in [6.07, 6.45) is 4.62. The molecule has 6 rings (SSSR count).